The quantitative estimate of drug-likeness (QED) is 0.917. The van der Waals surface area contributed by atoms with Crippen LogP contribution in [0.2, 0.25) is 0 Å². The lowest BCUT2D eigenvalue weighted by Gasteiger charge is -2.00. The first kappa shape index (κ1) is 11.4. The average Bonchev–Trinajstić information content (AvgIpc) is 2.71. The van der Waals surface area contributed by atoms with Gasteiger partial charge < -0.3 is 9.63 Å². The number of nitrogens with zero attached hydrogens (tertiary/aromatic N) is 1. The molecular weight excluding hydrogens is 270 g/mol. The van der Waals surface area contributed by atoms with Crippen LogP contribution in [0.3, 0.4) is 0 Å². The highest BCUT2D eigenvalue weighted by atomic mass is 79.9. The molecule has 1 aromatic heterocycles. The number of benzene rings is 1. The molecule has 2 aromatic rings. The topological polar surface area (TPSA) is 46.3 Å². The lowest BCUT2D eigenvalue weighted by molar-refractivity contribution is 0.158. The van der Waals surface area contributed by atoms with Crippen molar-refractivity contribution in [3.8, 4) is 11.3 Å². The normalized spacial score (nSPS) is 12.8. The molecule has 3 nitrogen and oxygen atoms in total. The lowest BCUT2D eigenvalue weighted by Crippen LogP contribution is -1.85. The minimum atomic E-state index is -0.630. The summed E-state index contributed by atoms with van der Waals surface area (Å²) in [6.07, 6.45) is -0.630. The molecule has 0 saturated heterocycles. The first-order valence-corrected chi connectivity index (χ1v) is 5.78. The van der Waals surface area contributed by atoms with Crippen LogP contribution in [0.5, 0.6) is 0 Å². The van der Waals surface area contributed by atoms with Gasteiger partial charge in [-0.25, -0.2) is 0 Å². The van der Waals surface area contributed by atoms with Gasteiger partial charge in [0.05, 0.1) is 0 Å². The largest absolute Gasteiger partial charge is 0.385 e. The maximum absolute atomic E-state index is 9.34. The first-order chi connectivity index (χ1) is 7.58. The maximum atomic E-state index is 9.34. The summed E-state index contributed by atoms with van der Waals surface area (Å²) in [5.41, 5.74) is 2.87. The Labute approximate surface area is 102 Å². The van der Waals surface area contributed by atoms with E-state index in [9.17, 15) is 5.11 Å². The van der Waals surface area contributed by atoms with E-state index in [1.807, 2.05) is 25.1 Å². The molecule has 0 aliphatic heterocycles. The SMILES string of the molecule is Cc1ccc(-c2cc(C(C)O)on2)cc1Br. The summed E-state index contributed by atoms with van der Waals surface area (Å²) in [5, 5.41) is 13.3. The average molecular weight is 282 g/mol. The van der Waals surface area contributed by atoms with Gasteiger partial charge in [0.15, 0.2) is 5.76 Å². The second kappa shape index (κ2) is 4.39. The highest BCUT2D eigenvalue weighted by molar-refractivity contribution is 9.10. The summed E-state index contributed by atoms with van der Waals surface area (Å²) >= 11 is 3.47. The van der Waals surface area contributed by atoms with Crippen molar-refractivity contribution in [2.24, 2.45) is 0 Å². The van der Waals surface area contributed by atoms with Crippen LogP contribution in [0.25, 0.3) is 11.3 Å². The van der Waals surface area contributed by atoms with E-state index in [1.165, 1.54) is 5.56 Å². The van der Waals surface area contributed by atoms with Crippen molar-refractivity contribution in [3.63, 3.8) is 0 Å². The molecule has 1 atom stereocenters. The van der Waals surface area contributed by atoms with Crippen LogP contribution in [0, 0.1) is 6.92 Å². The predicted octanol–water partition coefficient (Wildman–Crippen LogP) is 3.47. The van der Waals surface area contributed by atoms with E-state index in [1.54, 1.807) is 13.0 Å². The van der Waals surface area contributed by atoms with Crippen molar-refractivity contribution >= 4 is 15.9 Å². The molecule has 1 N–H and O–H groups in total. The Morgan fingerprint density at radius 3 is 2.69 bits per heavy atom. The molecule has 1 unspecified atom stereocenters. The van der Waals surface area contributed by atoms with Gasteiger partial charge in [-0.2, -0.15) is 0 Å². The Hall–Kier alpha value is -1.13. The van der Waals surface area contributed by atoms with Gasteiger partial charge in [0.2, 0.25) is 0 Å². The second-order valence-corrected chi connectivity index (χ2v) is 4.61. The van der Waals surface area contributed by atoms with Gasteiger partial charge in [0.25, 0.3) is 0 Å². The minimum absolute atomic E-state index is 0.478. The molecule has 4 heteroatoms. The zero-order valence-corrected chi connectivity index (χ0v) is 10.7. The van der Waals surface area contributed by atoms with Crippen LogP contribution < -0.4 is 0 Å². The molecule has 0 fully saturated rings. The van der Waals surface area contributed by atoms with Gasteiger partial charge in [-0.1, -0.05) is 33.2 Å². The van der Waals surface area contributed by atoms with Crippen LogP contribution in [0.4, 0.5) is 0 Å². The zero-order valence-electron chi connectivity index (χ0n) is 9.07. The molecule has 0 amide bonds. The van der Waals surface area contributed by atoms with Gasteiger partial charge in [0.1, 0.15) is 11.8 Å². The molecule has 2 rings (SSSR count). The zero-order chi connectivity index (χ0) is 11.7. The summed E-state index contributed by atoms with van der Waals surface area (Å²) in [6.45, 7) is 3.67. The first-order valence-electron chi connectivity index (χ1n) is 4.99. The Morgan fingerprint density at radius 1 is 1.38 bits per heavy atom. The predicted molar refractivity (Wildman–Crippen MR) is 65.0 cm³/mol. The highest BCUT2D eigenvalue weighted by Gasteiger charge is 2.11. The lowest BCUT2D eigenvalue weighted by atomic mass is 10.1. The summed E-state index contributed by atoms with van der Waals surface area (Å²) in [7, 11) is 0. The van der Waals surface area contributed by atoms with Crippen molar-refractivity contribution in [1.29, 1.82) is 0 Å². The molecule has 1 aromatic carbocycles. The van der Waals surface area contributed by atoms with Crippen LogP contribution in [-0.2, 0) is 0 Å². The Morgan fingerprint density at radius 2 is 2.12 bits per heavy atom. The van der Waals surface area contributed by atoms with E-state index in [2.05, 4.69) is 21.1 Å². The number of aromatic nitrogens is 1. The summed E-state index contributed by atoms with van der Waals surface area (Å²) in [6, 6.07) is 7.72. The molecule has 0 aliphatic carbocycles. The molecule has 1 heterocycles. The third-order valence-corrected chi connectivity index (χ3v) is 3.26. The molecule has 0 radical (unpaired) electrons. The number of hydrogen-bond acceptors (Lipinski definition) is 3. The van der Waals surface area contributed by atoms with Gasteiger partial charge in [-0.15, -0.1) is 0 Å². The molecule has 16 heavy (non-hydrogen) atoms. The van der Waals surface area contributed by atoms with E-state index in [-0.39, 0.29) is 0 Å². The molecule has 0 aliphatic rings. The molecular formula is C12H12BrNO2. The number of aryl methyl sites for hydroxylation is 1. The smallest absolute Gasteiger partial charge is 0.165 e. The number of aliphatic hydroxyl groups is 1. The highest BCUT2D eigenvalue weighted by Crippen LogP contribution is 2.26. The fraction of sp³-hybridized carbons (Fsp3) is 0.250. The number of halogens is 1. The van der Waals surface area contributed by atoms with Crippen LogP contribution in [0.15, 0.2) is 33.3 Å². The number of rotatable bonds is 2. The molecule has 0 spiro atoms. The standard InChI is InChI=1S/C12H12BrNO2/c1-7-3-4-9(5-10(7)13)11-6-12(8(2)15)16-14-11/h3-6,8,15H,1-2H3. The third kappa shape index (κ3) is 2.18. The number of hydrogen-bond donors (Lipinski definition) is 1. The van der Waals surface area contributed by atoms with Gasteiger partial charge in [-0.05, 0) is 25.5 Å². The van der Waals surface area contributed by atoms with Gasteiger partial charge in [-0.3, -0.25) is 0 Å². The fourth-order valence-corrected chi connectivity index (χ4v) is 1.75. The Kier molecular flexibility index (Phi) is 3.12. The molecule has 84 valence electrons. The van der Waals surface area contributed by atoms with E-state index < -0.39 is 6.10 Å². The van der Waals surface area contributed by atoms with E-state index in [4.69, 9.17) is 4.52 Å². The summed E-state index contributed by atoms with van der Waals surface area (Å²) in [5.74, 6) is 0.478. The summed E-state index contributed by atoms with van der Waals surface area (Å²) < 4.78 is 6.07. The van der Waals surface area contributed by atoms with Gasteiger partial charge >= 0.3 is 0 Å². The van der Waals surface area contributed by atoms with Crippen molar-refractivity contribution in [3.05, 3.63) is 40.1 Å². The summed E-state index contributed by atoms with van der Waals surface area (Å²) in [4.78, 5) is 0. The minimum Gasteiger partial charge on any atom is -0.385 e. The van der Waals surface area contributed by atoms with E-state index in [0.717, 1.165) is 15.7 Å². The van der Waals surface area contributed by atoms with Crippen molar-refractivity contribution in [1.82, 2.24) is 5.16 Å². The Bertz CT molecular complexity index is 505. The second-order valence-electron chi connectivity index (χ2n) is 3.75. The van der Waals surface area contributed by atoms with Crippen LogP contribution in [-0.4, -0.2) is 10.3 Å². The van der Waals surface area contributed by atoms with Crippen LogP contribution in [0.1, 0.15) is 24.4 Å². The fourth-order valence-electron chi connectivity index (χ4n) is 1.37. The van der Waals surface area contributed by atoms with Crippen LogP contribution >= 0.6 is 15.9 Å². The number of aliphatic hydroxyl groups excluding tert-OH is 1. The molecule has 0 saturated carbocycles. The monoisotopic (exact) mass is 281 g/mol. The van der Waals surface area contributed by atoms with Crippen molar-refractivity contribution in [2.45, 2.75) is 20.0 Å². The third-order valence-electron chi connectivity index (χ3n) is 2.41. The van der Waals surface area contributed by atoms with Crippen molar-refractivity contribution < 1.29 is 9.63 Å². The molecule has 0 bridgehead atoms. The van der Waals surface area contributed by atoms with Gasteiger partial charge in [0, 0.05) is 16.1 Å². The van der Waals surface area contributed by atoms with E-state index in [0.29, 0.717) is 5.76 Å². The van der Waals surface area contributed by atoms with Crippen molar-refractivity contribution in [2.75, 3.05) is 0 Å². The van der Waals surface area contributed by atoms with E-state index >= 15 is 0 Å². The Balaban J connectivity index is 2.39. The maximum Gasteiger partial charge on any atom is 0.165 e.